The van der Waals surface area contributed by atoms with E-state index in [4.69, 9.17) is 9.15 Å². The number of nitrogens with one attached hydrogen (secondary N) is 1. The highest BCUT2D eigenvalue weighted by Crippen LogP contribution is 2.33. The predicted octanol–water partition coefficient (Wildman–Crippen LogP) is 1.78. The fourth-order valence-electron chi connectivity index (χ4n) is 2.43. The highest BCUT2D eigenvalue weighted by molar-refractivity contribution is 5.85. The van der Waals surface area contributed by atoms with E-state index in [1.165, 1.54) is 6.26 Å². The minimum Gasteiger partial charge on any atom is -0.492 e. The van der Waals surface area contributed by atoms with Gasteiger partial charge >= 0.3 is 0 Å². The molecule has 1 amide bonds. The highest BCUT2D eigenvalue weighted by Gasteiger charge is 2.32. The molecule has 3 rings (SSSR count). The molecule has 0 bridgehead atoms. The first-order valence-corrected chi connectivity index (χ1v) is 6.84. The van der Waals surface area contributed by atoms with E-state index in [0.29, 0.717) is 12.4 Å². The molecule has 0 fully saturated rings. The average Bonchev–Trinajstić information content (AvgIpc) is 3.14. The molecule has 110 valence electrons. The van der Waals surface area contributed by atoms with Gasteiger partial charge in [-0.05, 0) is 25.1 Å². The zero-order valence-corrected chi connectivity index (χ0v) is 11.7. The van der Waals surface area contributed by atoms with Gasteiger partial charge in [0, 0.05) is 5.56 Å². The van der Waals surface area contributed by atoms with Gasteiger partial charge in [-0.15, -0.1) is 0 Å². The van der Waals surface area contributed by atoms with Crippen LogP contribution in [0.15, 0.2) is 47.1 Å². The van der Waals surface area contributed by atoms with Crippen molar-refractivity contribution in [1.82, 2.24) is 5.32 Å². The van der Waals surface area contributed by atoms with Crippen LogP contribution < -0.4 is 10.1 Å². The number of hydrogen-bond acceptors (Lipinski definition) is 4. The van der Waals surface area contributed by atoms with Crippen molar-refractivity contribution < 1.29 is 19.1 Å². The monoisotopic (exact) mass is 287 g/mol. The quantitative estimate of drug-likeness (QED) is 0.899. The van der Waals surface area contributed by atoms with Crippen LogP contribution in [0.3, 0.4) is 0 Å². The number of carbonyl (C=O) groups excluding carboxylic acids is 1. The second-order valence-electron chi connectivity index (χ2n) is 5.37. The van der Waals surface area contributed by atoms with Crippen LogP contribution >= 0.6 is 0 Å². The lowest BCUT2D eigenvalue weighted by Crippen LogP contribution is -2.40. The van der Waals surface area contributed by atoms with Crippen molar-refractivity contribution in [2.75, 3.05) is 13.2 Å². The molecule has 2 unspecified atom stereocenters. The topological polar surface area (TPSA) is 71.7 Å². The van der Waals surface area contributed by atoms with Gasteiger partial charge in [0.2, 0.25) is 5.91 Å². The molecule has 2 heterocycles. The SMILES string of the molecule is CC(O)(CNC(=O)C1COc2ccccc21)c1ccco1. The summed E-state index contributed by atoms with van der Waals surface area (Å²) in [6.45, 7) is 2.01. The van der Waals surface area contributed by atoms with Crippen molar-refractivity contribution in [3.05, 3.63) is 54.0 Å². The molecule has 1 aliphatic heterocycles. The second kappa shape index (κ2) is 5.26. The Hall–Kier alpha value is -2.27. The third kappa shape index (κ3) is 2.64. The molecule has 0 spiro atoms. The van der Waals surface area contributed by atoms with Crippen LogP contribution in [0.2, 0.25) is 0 Å². The number of carbonyl (C=O) groups is 1. The van der Waals surface area contributed by atoms with E-state index in [1.807, 2.05) is 24.3 Å². The summed E-state index contributed by atoms with van der Waals surface area (Å²) < 4.78 is 10.7. The summed E-state index contributed by atoms with van der Waals surface area (Å²) >= 11 is 0. The Labute approximate surface area is 122 Å². The van der Waals surface area contributed by atoms with Crippen molar-refractivity contribution in [2.45, 2.75) is 18.4 Å². The number of furan rings is 1. The molecule has 1 aromatic carbocycles. The maximum absolute atomic E-state index is 12.3. The van der Waals surface area contributed by atoms with Crippen molar-refractivity contribution in [1.29, 1.82) is 0 Å². The summed E-state index contributed by atoms with van der Waals surface area (Å²) in [5.41, 5.74) is -0.356. The van der Waals surface area contributed by atoms with Crippen LogP contribution in [0.25, 0.3) is 0 Å². The van der Waals surface area contributed by atoms with Crippen molar-refractivity contribution in [3.63, 3.8) is 0 Å². The summed E-state index contributed by atoms with van der Waals surface area (Å²) in [5, 5.41) is 13.1. The fourth-order valence-corrected chi connectivity index (χ4v) is 2.43. The van der Waals surface area contributed by atoms with Crippen LogP contribution in [0.1, 0.15) is 24.2 Å². The van der Waals surface area contributed by atoms with Gasteiger partial charge in [-0.1, -0.05) is 18.2 Å². The minimum absolute atomic E-state index is 0.0814. The number of para-hydroxylation sites is 1. The Bertz CT molecular complexity index is 633. The number of amides is 1. The number of ether oxygens (including phenoxy) is 1. The number of aliphatic hydroxyl groups is 1. The van der Waals surface area contributed by atoms with Gasteiger partial charge in [0.15, 0.2) is 0 Å². The summed E-state index contributed by atoms with van der Waals surface area (Å²) in [6.07, 6.45) is 1.49. The van der Waals surface area contributed by atoms with Crippen molar-refractivity contribution in [2.24, 2.45) is 0 Å². The Balaban J connectivity index is 1.66. The lowest BCUT2D eigenvalue weighted by atomic mass is 9.99. The van der Waals surface area contributed by atoms with Gasteiger partial charge in [0.1, 0.15) is 29.6 Å². The second-order valence-corrected chi connectivity index (χ2v) is 5.37. The zero-order valence-electron chi connectivity index (χ0n) is 11.7. The molecule has 1 aliphatic rings. The lowest BCUT2D eigenvalue weighted by Gasteiger charge is -2.22. The summed E-state index contributed by atoms with van der Waals surface area (Å²) in [7, 11) is 0. The van der Waals surface area contributed by atoms with E-state index in [1.54, 1.807) is 19.1 Å². The van der Waals surface area contributed by atoms with Gasteiger partial charge in [0.25, 0.3) is 0 Å². The predicted molar refractivity (Wildman–Crippen MR) is 76.0 cm³/mol. The van der Waals surface area contributed by atoms with Crippen molar-refractivity contribution >= 4 is 5.91 Å². The summed E-state index contributed by atoms with van der Waals surface area (Å²) in [5.74, 6) is 0.668. The number of hydrogen-bond donors (Lipinski definition) is 2. The molecule has 0 saturated carbocycles. The Morgan fingerprint density at radius 3 is 2.95 bits per heavy atom. The van der Waals surface area contributed by atoms with Gasteiger partial charge in [-0.25, -0.2) is 0 Å². The largest absolute Gasteiger partial charge is 0.492 e. The fraction of sp³-hybridized carbons (Fsp3) is 0.312. The molecule has 2 aromatic rings. The van der Waals surface area contributed by atoms with Gasteiger partial charge in [0.05, 0.1) is 12.8 Å². The Kier molecular flexibility index (Phi) is 3.43. The lowest BCUT2D eigenvalue weighted by molar-refractivity contribution is -0.124. The van der Waals surface area contributed by atoms with Crippen LogP contribution in [0.4, 0.5) is 0 Å². The van der Waals surface area contributed by atoms with Crippen LogP contribution in [0.5, 0.6) is 5.75 Å². The van der Waals surface area contributed by atoms with Crippen LogP contribution in [-0.2, 0) is 10.4 Å². The highest BCUT2D eigenvalue weighted by atomic mass is 16.5. The van der Waals surface area contributed by atoms with Crippen molar-refractivity contribution in [3.8, 4) is 5.75 Å². The van der Waals surface area contributed by atoms with E-state index in [0.717, 1.165) is 11.3 Å². The standard InChI is InChI=1S/C16H17NO4/c1-16(19,14-7-4-8-20-14)10-17-15(18)12-9-21-13-6-3-2-5-11(12)13/h2-8,12,19H,9-10H2,1H3,(H,17,18). The number of rotatable bonds is 4. The molecule has 21 heavy (non-hydrogen) atoms. The number of fused-ring (bicyclic) bond motifs is 1. The summed E-state index contributed by atoms with van der Waals surface area (Å²) in [6, 6.07) is 10.9. The normalized spacial score (nSPS) is 19.4. The third-order valence-electron chi connectivity index (χ3n) is 3.68. The maximum atomic E-state index is 12.3. The molecule has 5 heteroatoms. The van der Waals surface area contributed by atoms with Crippen LogP contribution in [0, 0.1) is 0 Å². The van der Waals surface area contributed by atoms with E-state index >= 15 is 0 Å². The Morgan fingerprint density at radius 1 is 1.38 bits per heavy atom. The molecule has 0 aliphatic carbocycles. The molecule has 5 nitrogen and oxygen atoms in total. The van der Waals surface area contributed by atoms with Crippen LogP contribution in [-0.4, -0.2) is 24.2 Å². The third-order valence-corrected chi connectivity index (χ3v) is 3.68. The zero-order chi connectivity index (χ0) is 14.9. The molecule has 2 N–H and O–H groups in total. The smallest absolute Gasteiger partial charge is 0.231 e. The molecule has 1 aromatic heterocycles. The molecular weight excluding hydrogens is 270 g/mol. The first-order chi connectivity index (χ1) is 10.1. The first kappa shape index (κ1) is 13.7. The first-order valence-electron chi connectivity index (χ1n) is 6.84. The van der Waals surface area contributed by atoms with E-state index in [9.17, 15) is 9.90 Å². The van der Waals surface area contributed by atoms with Gasteiger partial charge < -0.3 is 19.6 Å². The average molecular weight is 287 g/mol. The Morgan fingerprint density at radius 2 is 2.19 bits per heavy atom. The molecule has 0 radical (unpaired) electrons. The van der Waals surface area contributed by atoms with E-state index in [2.05, 4.69) is 5.32 Å². The molecule has 0 saturated heterocycles. The maximum Gasteiger partial charge on any atom is 0.231 e. The molecule has 2 atom stereocenters. The van der Waals surface area contributed by atoms with E-state index < -0.39 is 5.60 Å². The summed E-state index contributed by atoms with van der Waals surface area (Å²) in [4.78, 5) is 12.3. The van der Waals surface area contributed by atoms with Gasteiger partial charge in [-0.3, -0.25) is 4.79 Å². The minimum atomic E-state index is -1.24. The van der Waals surface area contributed by atoms with E-state index in [-0.39, 0.29) is 18.4 Å². The van der Waals surface area contributed by atoms with Gasteiger partial charge in [-0.2, -0.15) is 0 Å². The molecular formula is C16H17NO4. The number of benzene rings is 1.